The van der Waals surface area contributed by atoms with Crippen molar-refractivity contribution in [2.24, 2.45) is 12.8 Å². The molecule has 0 spiro atoms. The van der Waals surface area contributed by atoms with Crippen LogP contribution in [-0.2, 0) is 19.8 Å². The molecule has 1 aromatic carbocycles. The molecule has 2 nitrogen and oxygen atoms in total. The topological polar surface area (TPSA) is 30.9 Å². The van der Waals surface area contributed by atoms with E-state index < -0.39 is 11.9 Å². The Hall–Kier alpha value is -1.49. The SMILES string of the molecule is Cc1cc(C)c2c(CN)c(C(F)(F)F)n(C)c2c1. The maximum absolute atomic E-state index is 13.1. The van der Waals surface area contributed by atoms with Crippen LogP contribution in [0.3, 0.4) is 0 Å². The molecular formula is C13H15F3N2. The quantitative estimate of drug-likeness (QED) is 0.834. The molecule has 5 heteroatoms. The first-order chi connectivity index (χ1) is 8.27. The summed E-state index contributed by atoms with van der Waals surface area (Å²) >= 11 is 0. The molecule has 0 bridgehead atoms. The molecule has 98 valence electrons. The number of hydrogen-bond acceptors (Lipinski definition) is 1. The molecule has 0 fully saturated rings. The second kappa shape index (κ2) is 4.02. The third-order valence-corrected chi connectivity index (χ3v) is 3.22. The fourth-order valence-corrected chi connectivity index (χ4v) is 2.60. The Morgan fingerprint density at radius 1 is 1.22 bits per heavy atom. The maximum Gasteiger partial charge on any atom is 0.431 e. The van der Waals surface area contributed by atoms with E-state index in [-0.39, 0.29) is 12.1 Å². The molecule has 0 aliphatic rings. The van der Waals surface area contributed by atoms with E-state index in [1.807, 2.05) is 19.9 Å². The van der Waals surface area contributed by atoms with Gasteiger partial charge in [0.05, 0.1) is 0 Å². The molecule has 0 amide bonds. The highest BCUT2D eigenvalue weighted by Gasteiger charge is 2.38. The Balaban J connectivity index is 2.97. The molecule has 2 N–H and O–H groups in total. The van der Waals surface area contributed by atoms with Crippen molar-refractivity contribution in [1.29, 1.82) is 0 Å². The summed E-state index contributed by atoms with van der Waals surface area (Å²) in [6.45, 7) is 3.57. The van der Waals surface area contributed by atoms with E-state index in [9.17, 15) is 13.2 Å². The Morgan fingerprint density at radius 3 is 2.33 bits per heavy atom. The number of aryl methyl sites for hydroxylation is 3. The lowest BCUT2D eigenvalue weighted by atomic mass is 10.0. The van der Waals surface area contributed by atoms with Crippen LogP contribution in [0.5, 0.6) is 0 Å². The van der Waals surface area contributed by atoms with E-state index in [1.54, 1.807) is 6.07 Å². The average molecular weight is 256 g/mol. The Labute approximate surface area is 103 Å². The predicted molar refractivity (Wildman–Crippen MR) is 65.3 cm³/mol. The highest BCUT2D eigenvalue weighted by atomic mass is 19.4. The summed E-state index contributed by atoms with van der Waals surface area (Å²) in [4.78, 5) is 0. The molecule has 0 atom stereocenters. The molecule has 2 aromatic rings. The number of halogens is 3. The second-order valence-corrected chi connectivity index (χ2v) is 4.56. The summed E-state index contributed by atoms with van der Waals surface area (Å²) in [5.74, 6) is 0. The van der Waals surface area contributed by atoms with Gasteiger partial charge in [-0.25, -0.2) is 0 Å². The largest absolute Gasteiger partial charge is 0.431 e. The van der Waals surface area contributed by atoms with E-state index in [2.05, 4.69) is 0 Å². The maximum atomic E-state index is 13.1. The fraction of sp³-hybridized carbons (Fsp3) is 0.385. The molecule has 1 aromatic heterocycles. The van der Waals surface area contributed by atoms with Crippen LogP contribution >= 0.6 is 0 Å². The van der Waals surface area contributed by atoms with Crippen molar-refractivity contribution in [2.75, 3.05) is 0 Å². The van der Waals surface area contributed by atoms with E-state index in [0.717, 1.165) is 11.1 Å². The van der Waals surface area contributed by atoms with Crippen molar-refractivity contribution in [1.82, 2.24) is 4.57 Å². The van der Waals surface area contributed by atoms with Gasteiger partial charge in [-0.3, -0.25) is 0 Å². The highest BCUT2D eigenvalue weighted by molar-refractivity contribution is 5.89. The summed E-state index contributed by atoms with van der Waals surface area (Å²) in [7, 11) is 1.43. The van der Waals surface area contributed by atoms with Crippen LogP contribution in [0.4, 0.5) is 13.2 Å². The lowest BCUT2D eigenvalue weighted by Crippen LogP contribution is -2.15. The fourth-order valence-electron chi connectivity index (χ4n) is 2.60. The average Bonchev–Trinajstić information content (AvgIpc) is 2.51. The van der Waals surface area contributed by atoms with Crippen molar-refractivity contribution in [2.45, 2.75) is 26.6 Å². The Kier molecular flexibility index (Phi) is 2.89. The van der Waals surface area contributed by atoms with Gasteiger partial charge in [-0.05, 0) is 31.0 Å². The van der Waals surface area contributed by atoms with Gasteiger partial charge < -0.3 is 10.3 Å². The van der Waals surface area contributed by atoms with Crippen LogP contribution in [-0.4, -0.2) is 4.57 Å². The van der Waals surface area contributed by atoms with Gasteiger partial charge in [0.15, 0.2) is 0 Å². The number of benzene rings is 1. The van der Waals surface area contributed by atoms with Gasteiger partial charge >= 0.3 is 6.18 Å². The minimum absolute atomic E-state index is 0.115. The number of aromatic nitrogens is 1. The first-order valence-corrected chi connectivity index (χ1v) is 5.63. The highest BCUT2D eigenvalue weighted by Crippen LogP contribution is 2.38. The van der Waals surface area contributed by atoms with E-state index in [0.29, 0.717) is 10.9 Å². The lowest BCUT2D eigenvalue weighted by Gasteiger charge is -2.10. The van der Waals surface area contributed by atoms with Gasteiger partial charge in [0, 0.05) is 30.1 Å². The number of hydrogen-bond donors (Lipinski definition) is 1. The molecule has 0 saturated heterocycles. The summed E-state index contributed by atoms with van der Waals surface area (Å²) in [5.41, 5.74) is 7.41. The van der Waals surface area contributed by atoms with Gasteiger partial charge in [-0.2, -0.15) is 13.2 Å². The van der Waals surface area contributed by atoms with Gasteiger partial charge in [-0.1, -0.05) is 6.07 Å². The van der Waals surface area contributed by atoms with Gasteiger partial charge in [0.1, 0.15) is 5.69 Å². The predicted octanol–water partition coefficient (Wildman–Crippen LogP) is 3.27. The Bertz CT molecular complexity index is 609. The summed E-state index contributed by atoms with van der Waals surface area (Å²) in [5, 5.41) is 0.623. The number of alkyl halides is 3. The zero-order valence-corrected chi connectivity index (χ0v) is 10.5. The molecule has 0 aliphatic carbocycles. The number of rotatable bonds is 1. The number of nitrogens with two attached hydrogens (primary N) is 1. The monoisotopic (exact) mass is 256 g/mol. The molecule has 2 rings (SSSR count). The third kappa shape index (κ3) is 1.79. The van der Waals surface area contributed by atoms with Crippen LogP contribution < -0.4 is 5.73 Å². The minimum atomic E-state index is -4.39. The normalized spacial score (nSPS) is 12.4. The van der Waals surface area contributed by atoms with Crippen molar-refractivity contribution in [3.05, 3.63) is 34.5 Å². The smallest absolute Gasteiger partial charge is 0.340 e. The summed E-state index contributed by atoms with van der Waals surface area (Å²) < 4.78 is 40.5. The van der Waals surface area contributed by atoms with Crippen molar-refractivity contribution < 1.29 is 13.2 Å². The number of nitrogens with zero attached hydrogens (tertiary/aromatic N) is 1. The van der Waals surface area contributed by atoms with Crippen LogP contribution in [0.1, 0.15) is 22.4 Å². The first kappa shape index (κ1) is 13.0. The Morgan fingerprint density at radius 2 is 1.83 bits per heavy atom. The molecule has 0 aliphatic heterocycles. The number of fused-ring (bicyclic) bond motifs is 1. The van der Waals surface area contributed by atoms with E-state index >= 15 is 0 Å². The van der Waals surface area contributed by atoms with Crippen molar-refractivity contribution in [3.63, 3.8) is 0 Å². The summed E-state index contributed by atoms with van der Waals surface area (Å²) in [6, 6.07) is 3.64. The van der Waals surface area contributed by atoms with Crippen LogP contribution in [0, 0.1) is 13.8 Å². The van der Waals surface area contributed by atoms with Crippen LogP contribution in [0.2, 0.25) is 0 Å². The van der Waals surface area contributed by atoms with E-state index in [4.69, 9.17) is 5.73 Å². The minimum Gasteiger partial charge on any atom is -0.340 e. The molecule has 0 radical (unpaired) electrons. The van der Waals surface area contributed by atoms with Crippen molar-refractivity contribution in [3.8, 4) is 0 Å². The lowest BCUT2D eigenvalue weighted by molar-refractivity contribution is -0.143. The van der Waals surface area contributed by atoms with E-state index in [1.165, 1.54) is 11.6 Å². The second-order valence-electron chi connectivity index (χ2n) is 4.56. The van der Waals surface area contributed by atoms with Crippen molar-refractivity contribution >= 4 is 10.9 Å². The first-order valence-electron chi connectivity index (χ1n) is 5.63. The zero-order chi connectivity index (χ0) is 13.7. The third-order valence-electron chi connectivity index (χ3n) is 3.22. The zero-order valence-electron chi connectivity index (χ0n) is 10.5. The van der Waals surface area contributed by atoms with Gasteiger partial charge in [0.2, 0.25) is 0 Å². The van der Waals surface area contributed by atoms with Crippen LogP contribution in [0.25, 0.3) is 10.9 Å². The molecule has 0 saturated carbocycles. The van der Waals surface area contributed by atoms with Crippen LogP contribution in [0.15, 0.2) is 12.1 Å². The molecular weight excluding hydrogens is 241 g/mol. The molecule has 18 heavy (non-hydrogen) atoms. The van der Waals surface area contributed by atoms with Gasteiger partial charge in [-0.15, -0.1) is 0 Å². The standard InChI is InChI=1S/C13H15F3N2/c1-7-4-8(2)11-9(6-17)12(13(14,15)16)18(3)10(11)5-7/h4-5H,6,17H2,1-3H3. The molecule has 0 unspecified atom stereocenters. The van der Waals surface area contributed by atoms with Gasteiger partial charge in [0.25, 0.3) is 0 Å². The molecule has 1 heterocycles. The summed E-state index contributed by atoms with van der Waals surface area (Å²) in [6.07, 6.45) is -4.39.